The van der Waals surface area contributed by atoms with Crippen molar-refractivity contribution in [3.8, 4) is 10.4 Å². The summed E-state index contributed by atoms with van der Waals surface area (Å²) in [7, 11) is 0. The Morgan fingerprint density at radius 2 is 2.15 bits per heavy atom. The van der Waals surface area contributed by atoms with Crippen molar-refractivity contribution < 1.29 is 28.6 Å². The highest BCUT2D eigenvalue weighted by atomic mass is 32.1. The number of carbonyl (C=O) groups excluding carboxylic acids is 3. The number of hydrogen-bond donors (Lipinski definition) is 1. The molecule has 7 nitrogen and oxygen atoms in total. The Morgan fingerprint density at radius 1 is 1.30 bits per heavy atom. The lowest BCUT2D eigenvalue weighted by Crippen LogP contribution is -2.27. The van der Waals surface area contributed by atoms with Crippen LogP contribution in [0.2, 0.25) is 0 Å². The van der Waals surface area contributed by atoms with Crippen LogP contribution in [0.3, 0.4) is 0 Å². The van der Waals surface area contributed by atoms with Gasteiger partial charge in [-0.1, -0.05) is 6.07 Å². The molecular formula is C18H19NO6S2. The quantitative estimate of drug-likeness (QED) is 0.706. The molecule has 0 aliphatic carbocycles. The maximum Gasteiger partial charge on any atom is 0.341 e. The van der Waals surface area contributed by atoms with E-state index in [1.165, 1.54) is 22.7 Å². The van der Waals surface area contributed by atoms with Crippen LogP contribution in [0, 0.1) is 0 Å². The fraction of sp³-hybridized carbons (Fsp3) is 0.389. The molecular weight excluding hydrogens is 390 g/mol. The third kappa shape index (κ3) is 4.74. The van der Waals surface area contributed by atoms with Crippen LogP contribution in [0.5, 0.6) is 0 Å². The smallest absolute Gasteiger partial charge is 0.341 e. The van der Waals surface area contributed by atoms with Gasteiger partial charge in [-0.2, -0.15) is 0 Å². The highest BCUT2D eigenvalue weighted by molar-refractivity contribution is 7.17. The molecule has 2 aromatic heterocycles. The minimum Gasteiger partial charge on any atom is -0.462 e. The van der Waals surface area contributed by atoms with Crippen LogP contribution >= 0.6 is 22.7 Å². The average molecular weight is 409 g/mol. The number of hydrogen-bond acceptors (Lipinski definition) is 8. The molecule has 1 aliphatic rings. The van der Waals surface area contributed by atoms with Crippen LogP contribution in [0.4, 0.5) is 5.00 Å². The summed E-state index contributed by atoms with van der Waals surface area (Å²) >= 11 is 2.71. The lowest BCUT2D eigenvalue weighted by Gasteiger charge is -2.10. The van der Waals surface area contributed by atoms with E-state index in [9.17, 15) is 14.4 Å². The van der Waals surface area contributed by atoms with Gasteiger partial charge in [-0.25, -0.2) is 9.59 Å². The van der Waals surface area contributed by atoms with Crippen molar-refractivity contribution in [2.45, 2.75) is 25.9 Å². The minimum atomic E-state index is -0.597. The van der Waals surface area contributed by atoms with Crippen LogP contribution in [0.25, 0.3) is 10.4 Å². The molecule has 1 aliphatic heterocycles. The molecule has 0 aromatic carbocycles. The maximum absolute atomic E-state index is 12.4. The molecule has 1 saturated heterocycles. The number of esters is 2. The van der Waals surface area contributed by atoms with Gasteiger partial charge in [-0.15, -0.1) is 22.7 Å². The summed E-state index contributed by atoms with van der Waals surface area (Å²) in [4.78, 5) is 37.3. The summed E-state index contributed by atoms with van der Waals surface area (Å²) in [6.07, 6.45) is 0.804. The van der Waals surface area contributed by atoms with Crippen molar-refractivity contribution in [2.24, 2.45) is 0 Å². The Labute approximate surface area is 164 Å². The van der Waals surface area contributed by atoms with E-state index >= 15 is 0 Å². The second-order valence-electron chi connectivity index (χ2n) is 5.71. The second-order valence-corrected chi connectivity index (χ2v) is 7.54. The van der Waals surface area contributed by atoms with Crippen molar-refractivity contribution in [1.82, 2.24) is 0 Å². The van der Waals surface area contributed by atoms with Crippen molar-refractivity contribution in [3.05, 3.63) is 28.5 Å². The summed E-state index contributed by atoms with van der Waals surface area (Å²) < 4.78 is 15.4. The number of amides is 1. The number of nitrogens with one attached hydrogen (secondary N) is 1. The second kappa shape index (κ2) is 9.12. The first-order valence-corrected chi connectivity index (χ1v) is 10.3. The first kappa shape index (κ1) is 19.5. The summed E-state index contributed by atoms with van der Waals surface area (Å²) in [5, 5.41) is 6.72. The molecule has 0 radical (unpaired) electrons. The molecule has 9 heteroatoms. The molecule has 0 saturated carbocycles. The Kier molecular flexibility index (Phi) is 6.59. The predicted molar refractivity (Wildman–Crippen MR) is 102 cm³/mol. The molecule has 1 N–H and O–H groups in total. The minimum absolute atomic E-state index is 0.227. The average Bonchev–Trinajstić information content (AvgIpc) is 3.40. The van der Waals surface area contributed by atoms with Gasteiger partial charge in [0.2, 0.25) is 0 Å². The first-order chi connectivity index (χ1) is 13.1. The number of rotatable bonds is 7. The normalized spacial score (nSPS) is 16.1. The largest absolute Gasteiger partial charge is 0.462 e. The van der Waals surface area contributed by atoms with E-state index < -0.39 is 30.6 Å². The third-order valence-corrected chi connectivity index (χ3v) is 5.65. The van der Waals surface area contributed by atoms with Gasteiger partial charge in [-0.05, 0) is 31.2 Å². The zero-order valence-corrected chi connectivity index (χ0v) is 16.3. The van der Waals surface area contributed by atoms with Crippen LogP contribution in [0.15, 0.2) is 22.9 Å². The van der Waals surface area contributed by atoms with Crippen LogP contribution in [-0.4, -0.2) is 43.8 Å². The Bertz CT molecular complexity index is 808. The zero-order chi connectivity index (χ0) is 19.2. The molecule has 3 heterocycles. The summed E-state index contributed by atoms with van der Waals surface area (Å²) in [5.74, 6) is -1.57. The van der Waals surface area contributed by atoms with E-state index in [-0.39, 0.29) is 6.61 Å². The van der Waals surface area contributed by atoms with Gasteiger partial charge >= 0.3 is 11.9 Å². The Hall–Kier alpha value is -2.23. The van der Waals surface area contributed by atoms with Crippen LogP contribution < -0.4 is 5.32 Å². The van der Waals surface area contributed by atoms with E-state index in [0.29, 0.717) is 29.2 Å². The molecule has 1 atom stereocenters. The first-order valence-electron chi connectivity index (χ1n) is 8.50. The van der Waals surface area contributed by atoms with E-state index in [2.05, 4.69) is 5.32 Å². The molecule has 3 rings (SSSR count). The highest BCUT2D eigenvalue weighted by Crippen LogP contribution is 2.38. The van der Waals surface area contributed by atoms with Gasteiger partial charge in [0.25, 0.3) is 5.91 Å². The molecule has 1 amide bonds. The predicted octanol–water partition coefficient (Wildman–Crippen LogP) is 3.31. The van der Waals surface area contributed by atoms with E-state index in [1.54, 1.807) is 12.3 Å². The van der Waals surface area contributed by atoms with Crippen molar-refractivity contribution >= 4 is 45.5 Å². The van der Waals surface area contributed by atoms with Gasteiger partial charge in [-0.3, -0.25) is 4.79 Å². The summed E-state index contributed by atoms with van der Waals surface area (Å²) in [6, 6.07) is 3.78. The molecule has 144 valence electrons. The van der Waals surface area contributed by atoms with E-state index in [0.717, 1.165) is 11.3 Å². The molecule has 27 heavy (non-hydrogen) atoms. The molecule has 1 fully saturated rings. The number of anilines is 1. The number of ether oxygens (including phenoxy) is 3. The summed E-state index contributed by atoms with van der Waals surface area (Å²) in [6.45, 7) is 2.03. The fourth-order valence-electron chi connectivity index (χ4n) is 2.62. The molecule has 2 aromatic rings. The van der Waals surface area contributed by atoms with Gasteiger partial charge < -0.3 is 19.5 Å². The molecule has 0 bridgehead atoms. The zero-order valence-electron chi connectivity index (χ0n) is 14.7. The third-order valence-electron chi connectivity index (χ3n) is 3.85. The number of thiophene rings is 2. The Balaban J connectivity index is 1.69. The summed E-state index contributed by atoms with van der Waals surface area (Å²) in [5.41, 5.74) is 1.02. The Morgan fingerprint density at radius 3 is 2.81 bits per heavy atom. The van der Waals surface area contributed by atoms with Crippen molar-refractivity contribution in [2.75, 3.05) is 25.1 Å². The van der Waals surface area contributed by atoms with Gasteiger partial charge in [0, 0.05) is 22.4 Å². The van der Waals surface area contributed by atoms with Crippen molar-refractivity contribution in [1.29, 1.82) is 0 Å². The van der Waals surface area contributed by atoms with E-state index in [4.69, 9.17) is 14.2 Å². The van der Waals surface area contributed by atoms with Crippen LogP contribution in [0.1, 0.15) is 30.1 Å². The van der Waals surface area contributed by atoms with Gasteiger partial charge in [0.1, 0.15) is 10.6 Å². The number of carbonyl (C=O) groups is 3. The van der Waals surface area contributed by atoms with E-state index in [1.807, 2.05) is 17.5 Å². The standard InChI is InChI=1S/C18H19NO6S2/c1-2-23-18(22)15-11(13-6-4-8-26-13)10-27-16(15)19-14(20)9-25-17(21)12-5-3-7-24-12/h4,6,8,10,12H,2-3,5,7,9H2,1H3,(H,19,20)/t12-/m1/s1. The van der Waals surface area contributed by atoms with Gasteiger partial charge in [0.05, 0.1) is 6.61 Å². The van der Waals surface area contributed by atoms with Crippen LogP contribution in [-0.2, 0) is 23.8 Å². The maximum atomic E-state index is 12.4. The monoisotopic (exact) mass is 409 g/mol. The molecule has 0 spiro atoms. The lowest BCUT2D eigenvalue weighted by atomic mass is 10.1. The lowest BCUT2D eigenvalue weighted by molar-refractivity contribution is -0.156. The van der Waals surface area contributed by atoms with Gasteiger partial charge in [0.15, 0.2) is 12.7 Å². The van der Waals surface area contributed by atoms with Crippen molar-refractivity contribution in [3.63, 3.8) is 0 Å². The highest BCUT2D eigenvalue weighted by Gasteiger charge is 2.27. The fourth-order valence-corrected chi connectivity index (χ4v) is 4.41. The topological polar surface area (TPSA) is 90.9 Å². The molecule has 0 unspecified atom stereocenters. The SMILES string of the molecule is CCOC(=O)c1c(-c2cccs2)csc1NC(=O)COC(=O)[C@H]1CCCO1.